The van der Waals surface area contributed by atoms with Crippen LogP contribution in [0.5, 0.6) is 11.5 Å². The van der Waals surface area contributed by atoms with Gasteiger partial charge in [0, 0.05) is 0 Å². The molecule has 0 saturated heterocycles. The highest BCUT2D eigenvalue weighted by molar-refractivity contribution is 5.85. The molecule has 0 saturated carbocycles. The topological polar surface area (TPSA) is 44.5 Å². The number of ether oxygens (including phenoxy) is 2. The minimum absolute atomic E-state index is 0. The summed E-state index contributed by atoms with van der Waals surface area (Å²) in [4.78, 5) is 0. The van der Waals surface area contributed by atoms with Gasteiger partial charge in [-0.25, -0.2) is 0 Å². The number of nitrogens with two attached hydrogens (primary N) is 1. The molecule has 4 heteroatoms. The van der Waals surface area contributed by atoms with E-state index < -0.39 is 0 Å². The molecule has 0 aliphatic carbocycles. The smallest absolute Gasteiger partial charge is 0.126 e. The molecule has 3 atom stereocenters. The Morgan fingerprint density at radius 3 is 2.18 bits per heavy atom. The lowest BCUT2D eigenvalue weighted by Crippen LogP contribution is -2.36. The molecule has 198 valence electrons. The van der Waals surface area contributed by atoms with E-state index in [9.17, 15) is 0 Å². The molecular weight excluding hydrogens is 442 g/mol. The molecule has 0 unspecified atom stereocenters. The lowest BCUT2D eigenvalue weighted by atomic mass is 9.85. The molecule has 0 spiro atoms. The summed E-state index contributed by atoms with van der Waals surface area (Å²) in [5.74, 6) is 4.61. The van der Waals surface area contributed by atoms with Crippen LogP contribution in [0.15, 0.2) is 12.1 Å². The van der Waals surface area contributed by atoms with E-state index >= 15 is 0 Å². The molecule has 1 aromatic carbocycles. The minimum atomic E-state index is -0.0374. The molecule has 0 amide bonds. The fourth-order valence-corrected chi connectivity index (χ4v) is 5.17. The Bertz CT molecular complexity index is 693. The minimum Gasteiger partial charge on any atom is -0.494 e. The molecule has 2 N–H and O–H groups in total. The molecule has 1 aliphatic rings. The van der Waals surface area contributed by atoms with E-state index in [-0.39, 0.29) is 18.0 Å². The van der Waals surface area contributed by atoms with Crippen molar-refractivity contribution in [3.05, 3.63) is 23.3 Å². The molecule has 34 heavy (non-hydrogen) atoms. The Hall–Kier alpha value is -0.930. The number of halogens is 1. The van der Waals surface area contributed by atoms with Gasteiger partial charge < -0.3 is 15.2 Å². The second-order valence-electron chi connectivity index (χ2n) is 11.6. The zero-order chi connectivity index (χ0) is 24.3. The number of aryl methyl sites for hydroxylation is 2. The third-order valence-corrected chi connectivity index (χ3v) is 7.49. The van der Waals surface area contributed by atoms with Crippen molar-refractivity contribution in [3.63, 3.8) is 0 Å². The van der Waals surface area contributed by atoms with E-state index in [1.54, 1.807) is 0 Å². The maximum Gasteiger partial charge on any atom is 0.126 e. The Morgan fingerprint density at radius 2 is 1.56 bits per heavy atom. The lowest BCUT2D eigenvalue weighted by Gasteiger charge is -2.37. The highest BCUT2D eigenvalue weighted by Crippen LogP contribution is 2.40. The van der Waals surface area contributed by atoms with Gasteiger partial charge in [0.1, 0.15) is 17.1 Å². The third kappa shape index (κ3) is 11.2. The van der Waals surface area contributed by atoms with Gasteiger partial charge in [0.2, 0.25) is 0 Å². The van der Waals surface area contributed by atoms with Crippen LogP contribution in [0.3, 0.4) is 0 Å². The van der Waals surface area contributed by atoms with Crippen molar-refractivity contribution < 1.29 is 9.47 Å². The first-order valence-electron chi connectivity index (χ1n) is 13.9. The fourth-order valence-electron chi connectivity index (χ4n) is 5.17. The zero-order valence-electron chi connectivity index (χ0n) is 23.1. The Labute approximate surface area is 217 Å². The van der Waals surface area contributed by atoms with Gasteiger partial charge in [-0.1, -0.05) is 72.6 Å². The largest absolute Gasteiger partial charge is 0.494 e. The van der Waals surface area contributed by atoms with Gasteiger partial charge >= 0.3 is 0 Å². The van der Waals surface area contributed by atoms with Crippen molar-refractivity contribution in [1.82, 2.24) is 0 Å². The number of hydrogen-bond donors (Lipinski definition) is 1. The lowest BCUT2D eigenvalue weighted by molar-refractivity contribution is 0.0514. The van der Waals surface area contributed by atoms with E-state index in [0.717, 1.165) is 54.9 Å². The summed E-state index contributed by atoms with van der Waals surface area (Å²) in [6.45, 7) is 15.4. The van der Waals surface area contributed by atoms with E-state index in [4.69, 9.17) is 15.2 Å². The molecule has 0 bridgehead atoms. The molecule has 2 rings (SSSR count). The van der Waals surface area contributed by atoms with Crippen LogP contribution in [-0.2, 0) is 6.42 Å². The van der Waals surface area contributed by atoms with E-state index in [2.05, 4.69) is 53.7 Å². The van der Waals surface area contributed by atoms with Crippen molar-refractivity contribution in [2.75, 3.05) is 13.2 Å². The summed E-state index contributed by atoms with van der Waals surface area (Å²) >= 11 is 0. The number of fused-ring (bicyclic) bond motifs is 1. The van der Waals surface area contributed by atoms with Crippen molar-refractivity contribution in [3.8, 4) is 11.5 Å². The molecule has 1 aliphatic heterocycles. The predicted molar refractivity (Wildman–Crippen MR) is 150 cm³/mol. The third-order valence-electron chi connectivity index (χ3n) is 7.49. The van der Waals surface area contributed by atoms with Crippen LogP contribution >= 0.6 is 12.4 Å². The van der Waals surface area contributed by atoms with E-state index in [1.807, 2.05) is 0 Å². The monoisotopic (exact) mass is 495 g/mol. The van der Waals surface area contributed by atoms with Crippen molar-refractivity contribution in [1.29, 1.82) is 0 Å². The highest BCUT2D eigenvalue weighted by atomic mass is 35.5. The van der Waals surface area contributed by atoms with E-state index in [0.29, 0.717) is 13.2 Å². The molecule has 1 aromatic rings. The Balaban J connectivity index is 0.00000578. The van der Waals surface area contributed by atoms with Crippen molar-refractivity contribution in [2.24, 2.45) is 23.5 Å². The molecule has 0 aromatic heterocycles. The van der Waals surface area contributed by atoms with Gasteiger partial charge in [-0.15, -0.1) is 12.4 Å². The standard InChI is InChI=1S/C30H53NO2.ClH/c1-23(2)11-7-12-24(3)13-8-14-25(4)15-9-17-30(6)18-16-27-22-28(32-20-10-19-31)21-26(5)29(27)33-30;/h21-25H,7-20,31H2,1-6H3;1H/t24-,25-,30+;/m0./s1. The zero-order valence-corrected chi connectivity index (χ0v) is 23.9. The van der Waals surface area contributed by atoms with Gasteiger partial charge in [0.15, 0.2) is 0 Å². The highest BCUT2D eigenvalue weighted by Gasteiger charge is 2.32. The predicted octanol–water partition coefficient (Wildman–Crippen LogP) is 8.67. The summed E-state index contributed by atoms with van der Waals surface area (Å²) < 4.78 is 12.5. The van der Waals surface area contributed by atoms with Crippen LogP contribution in [0.25, 0.3) is 0 Å². The van der Waals surface area contributed by atoms with Gasteiger partial charge in [-0.05, 0) is 93.5 Å². The SMILES string of the molecule is Cc1cc(OCCCN)cc2c1O[C@](C)(CCC[C@@H](C)CCC[C@@H](C)CCCC(C)C)CC2.Cl. The second-order valence-corrected chi connectivity index (χ2v) is 11.6. The maximum atomic E-state index is 6.60. The van der Waals surface area contributed by atoms with Crippen LogP contribution in [0.2, 0.25) is 0 Å². The molecule has 3 nitrogen and oxygen atoms in total. The summed E-state index contributed by atoms with van der Waals surface area (Å²) in [5.41, 5.74) is 8.03. The Kier molecular flexibility index (Phi) is 14.6. The van der Waals surface area contributed by atoms with Crippen LogP contribution in [-0.4, -0.2) is 18.8 Å². The number of hydrogen-bond acceptors (Lipinski definition) is 3. The van der Waals surface area contributed by atoms with Gasteiger partial charge in [0.05, 0.1) is 6.61 Å². The number of benzene rings is 1. The quantitative estimate of drug-likeness (QED) is 0.233. The normalized spacial score (nSPS) is 19.2. The average Bonchev–Trinajstić information content (AvgIpc) is 2.74. The van der Waals surface area contributed by atoms with Crippen LogP contribution < -0.4 is 15.2 Å². The van der Waals surface area contributed by atoms with Crippen molar-refractivity contribution in [2.45, 2.75) is 124 Å². The Morgan fingerprint density at radius 1 is 0.941 bits per heavy atom. The fraction of sp³-hybridized carbons (Fsp3) is 0.800. The maximum absolute atomic E-state index is 6.60. The van der Waals surface area contributed by atoms with E-state index in [1.165, 1.54) is 62.5 Å². The summed E-state index contributed by atoms with van der Waals surface area (Å²) in [5, 5.41) is 0. The summed E-state index contributed by atoms with van der Waals surface area (Å²) in [6.07, 6.45) is 15.1. The molecule has 0 fully saturated rings. The first-order chi connectivity index (χ1) is 15.7. The van der Waals surface area contributed by atoms with Crippen molar-refractivity contribution >= 4 is 12.4 Å². The molecular formula is C30H54ClNO2. The molecule has 0 radical (unpaired) electrons. The van der Waals surface area contributed by atoms with Gasteiger partial charge in [-0.3, -0.25) is 0 Å². The first kappa shape index (κ1) is 31.1. The van der Waals surface area contributed by atoms with Gasteiger partial charge in [0.25, 0.3) is 0 Å². The first-order valence-corrected chi connectivity index (χ1v) is 13.9. The van der Waals surface area contributed by atoms with Crippen LogP contribution in [0, 0.1) is 24.7 Å². The van der Waals surface area contributed by atoms with Crippen LogP contribution in [0.1, 0.15) is 116 Å². The average molecular weight is 496 g/mol. The summed E-state index contributed by atoms with van der Waals surface area (Å²) in [7, 11) is 0. The number of rotatable bonds is 16. The second kappa shape index (κ2) is 15.9. The summed E-state index contributed by atoms with van der Waals surface area (Å²) in [6, 6.07) is 4.29. The van der Waals surface area contributed by atoms with Crippen LogP contribution in [0.4, 0.5) is 0 Å². The molecule has 1 heterocycles. The van der Waals surface area contributed by atoms with Gasteiger partial charge in [-0.2, -0.15) is 0 Å².